The highest BCUT2D eigenvalue weighted by molar-refractivity contribution is 6.14. The van der Waals surface area contributed by atoms with Crippen molar-refractivity contribution >= 4 is 43.6 Å². The van der Waals surface area contributed by atoms with Crippen molar-refractivity contribution < 1.29 is 0 Å². The van der Waals surface area contributed by atoms with Crippen molar-refractivity contribution in [2.24, 2.45) is 0 Å². The van der Waals surface area contributed by atoms with Gasteiger partial charge in [-0.3, -0.25) is 0 Å². The maximum absolute atomic E-state index is 3.71. The van der Waals surface area contributed by atoms with E-state index in [-0.39, 0.29) is 0 Å². The number of H-pyrrole nitrogens is 2. The fraction of sp³-hybridized carbons (Fsp3) is 0. The molecule has 0 atom stereocenters. The molecule has 38 heavy (non-hydrogen) atoms. The Morgan fingerprint density at radius 3 is 1.66 bits per heavy atom. The highest BCUT2D eigenvalue weighted by Crippen LogP contribution is 2.39. The number of hydrogen-bond acceptors (Lipinski definition) is 0. The molecule has 0 spiro atoms. The molecule has 2 aromatic heterocycles. The molecule has 2 nitrogen and oxygen atoms in total. The molecule has 0 fully saturated rings. The SMILES string of the molecule is c1ccc(-c2ccc(-c3cc(-c4ccc5[nH]c6ccccc6c5c4)cc4c3[nH]c3ccccc34)cc2)cc1. The standard InChI is InChI=1S/C36H24N2/c1-2-8-23(9-3-1)24-14-16-25(17-15-24)30-21-27(22-32-29-11-5-7-13-34(29)38-36(30)32)26-18-19-35-31(20-26)28-10-4-6-12-33(28)37-35/h1-22,37-38H. The van der Waals surface area contributed by atoms with Crippen LogP contribution in [0.1, 0.15) is 0 Å². The molecule has 0 saturated heterocycles. The minimum atomic E-state index is 1.16. The average Bonchev–Trinajstić information content (AvgIpc) is 3.55. The second kappa shape index (κ2) is 8.22. The lowest BCUT2D eigenvalue weighted by molar-refractivity contribution is 1.53. The predicted octanol–water partition coefficient (Wildman–Crippen LogP) is 9.96. The van der Waals surface area contributed by atoms with Gasteiger partial charge >= 0.3 is 0 Å². The number of rotatable bonds is 3. The summed E-state index contributed by atoms with van der Waals surface area (Å²) in [6.45, 7) is 0. The van der Waals surface area contributed by atoms with Crippen LogP contribution in [-0.4, -0.2) is 9.97 Å². The lowest BCUT2D eigenvalue weighted by Gasteiger charge is -2.10. The molecule has 2 heterocycles. The molecule has 0 amide bonds. The minimum absolute atomic E-state index is 1.16. The Balaban J connectivity index is 1.35. The minimum Gasteiger partial charge on any atom is -0.355 e. The van der Waals surface area contributed by atoms with Crippen molar-refractivity contribution in [1.82, 2.24) is 9.97 Å². The van der Waals surface area contributed by atoms with Crippen LogP contribution < -0.4 is 0 Å². The fourth-order valence-corrected chi connectivity index (χ4v) is 5.85. The van der Waals surface area contributed by atoms with Crippen molar-refractivity contribution in [2.75, 3.05) is 0 Å². The lowest BCUT2D eigenvalue weighted by Crippen LogP contribution is -1.86. The van der Waals surface area contributed by atoms with Gasteiger partial charge in [0, 0.05) is 43.7 Å². The number of aromatic nitrogens is 2. The highest BCUT2D eigenvalue weighted by atomic mass is 14.7. The number of nitrogens with one attached hydrogen (secondary N) is 2. The average molecular weight is 485 g/mol. The first-order valence-corrected chi connectivity index (χ1v) is 13.0. The van der Waals surface area contributed by atoms with Gasteiger partial charge in [-0.25, -0.2) is 0 Å². The van der Waals surface area contributed by atoms with E-state index in [4.69, 9.17) is 0 Å². The van der Waals surface area contributed by atoms with Gasteiger partial charge in [-0.05, 0) is 64.2 Å². The van der Waals surface area contributed by atoms with E-state index >= 15 is 0 Å². The predicted molar refractivity (Wildman–Crippen MR) is 161 cm³/mol. The summed E-state index contributed by atoms with van der Waals surface area (Å²) in [4.78, 5) is 7.27. The molecular weight excluding hydrogens is 460 g/mol. The number of fused-ring (bicyclic) bond motifs is 6. The van der Waals surface area contributed by atoms with Crippen LogP contribution in [0.15, 0.2) is 133 Å². The van der Waals surface area contributed by atoms with Crippen molar-refractivity contribution in [3.63, 3.8) is 0 Å². The molecular formula is C36H24N2. The zero-order valence-electron chi connectivity index (χ0n) is 20.7. The molecule has 0 aliphatic heterocycles. The van der Waals surface area contributed by atoms with Crippen LogP contribution in [0, 0.1) is 0 Å². The lowest BCUT2D eigenvalue weighted by atomic mass is 9.94. The van der Waals surface area contributed by atoms with E-state index in [1.807, 2.05) is 0 Å². The fourth-order valence-electron chi connectivity index (χ4n) is 5.85. The molecule has 178 valence electrons. The quantitative estimate of drug-likeness (QED) is 0.250. The first-order chi connectivity index (χ1) is 18.8. The molecule has 8 rings (SSSR count). The maximum atomic E-state index is 3.71. The van der Waals surface area contributed by atoms with E-state index in [0.29, 0.717) is 0 Å². The van der Waals surface area contributed by atoms with Crippen LogP contribution in [0.5, 0.6) is 0 Å². The van der Waals surface area contributed by atoms with Crippen molar-refractivity contribution in [1.29, 1.82) is 0 Å². The van der Waals surface area contributed by atoms with Crippen LogP contribution in [0.4, 0.5) is 0 Å². The molecule has 2 heteroatoms. The maximum Gasteiger partial charge on any atom is 0.0544 e. The Morgan fingerprint density at radius 2 is 0.868 bits per heavy atom. The van der Waals surface area contributed by atoms with Gasteiger partial charge in [0.05, 0.1) is 5.52 Å². The monoisotopic (exact) mass is 484 g/mol. The van der Waals surface area contributed by atoms with Gasteiger partial charge < -0.3 is 9.97 Å². The first kappa shape index (κ1) is 21.0. The summed E-state index contributed by atoms with van der Waals surface area (Å²) in [5.74, 6) is 0. The zero-order chi connectivity index (χ0) is 25.1. The van der Waals surface area contributed by atoms with Crippen molar-refractivity contribution in [2.45, 2.75) is 0 Å². The molecule has 0 bridgehead atoms. The van der Waals surface area contributed by atoms with Crippen LogP contribution in [0.2, 0.25) is 0 Å². The van der Waals surface area contributed by atoms with Crippen LogP contribution in [0.25, 0.3) is 77.0 Å². The van der Waals surface area contributed by atoms with Gasteiger partial charge in [0.1, 0.15) is 0 Å². The molecule has 0 radical (unpaired) electrons. The van der Waals surface area contributed by atoms with E-state index in [1.165, 1.54) is 71.5 Å². The van der Waals surface area contributed by atoms with Gasteiger partial charge in [-0.15, -0.1) is 0 Å². The Morgan fingerprint density at radius 1 is 0.316 bits per heavy atom. The van der Waals surface area contributed by atoms with Gasteiger partial charge in [0.15, 0.2) is 0 Å². The highest BCUT2D eigenvalue weighted by Gasteiger charge is 2.14. The summed E-state index contributed by atoms with van der Waals surface area (Å²) in [5.41, 5.74) is 12.0. The van der Waals surface area contributed by atoms with Gasteiger partial charge in [-0.1, -0.05) is 97.1 Å². The number of hydrogen-bond donors (Lipinski definition) is 2. The van der Waals surface area contributed by atoms with Crippen molar-refractivity contribution in [3.8, 4) is 33.4 Å². The largest absolute Gasteiger partial charge is 0.355 e. The Kier molecular flexibility index (Phi) is 4.55. The molecule has 0 saturated carbocycles. The van der Waals surface area contributed by atoms with E-state index in [2.05, 4.69) is 143 Å². The van der Waals surface area contributed by atoms with Gasteiger partial charge in [0.2, 0.25) is 0 Å². The third-order valence-corrected chi connectivity index (χ3v) is 7.76. The summed E-state index contributed by atoms with van der Waals surface area (Å²) < 4.78 is 0. The molecule has 6 aromatic carbocycles. The van der Waals surface area contributed by atoms with Crippen molar-refractivity contribution in [3.05, 3.63) is 133 Å². The molecule has 8 aromatic rings. The number of para-hydroxylation sites is 2. The Bertz CT molecular complexity index is 2110. The molecule has 0 unspecified atom stereocenters. The normalized spacial score (nSPS) is 11.7. The summed E-state index contributed by atoms with van der Waals surface area (Å²) in [6.07, 6.45) is 0. The topological polar surface area (TPSA) is 31.6 Å². The summed E-state index contributed by atoms with van der Waals surface area (Å²) in [6, 6.07) is 48.1. The van der Waals surface area contributed by atoms with E-state index < -0.39 is 0 Å². The zero-order valence-corrected chi connectivity index (χ0v) is 20.7. The second-order valence-electron chi connectivity index (χ2n) is 9.99. The molecule has 0 aliphatic rings. The van der Waals surface area contributed by atoms with Crippen LogP contribution in [0.3, 0.4) is 0 Å². The van der Waals surface area contributed by atoms with Crippen LogP contribution in [-0.2, 0) is 0 Å². The number of aromatic amines is 2. The summed E-state index contributed by atoms with van der Waals surface area (Å²) in [5, 5.41) is 5.01. The third kappa shape index (κ3) is 3.28. The van der Waals surface area contributed by atoms with Gasteiger partial charge in [-0.2, -0.15) is 0 Å². The number of benzene rings is 6. The molecule has 2 N–H and O–H groups in total. The van der Waals surface area contributed by atoms with E-state index in [0.717, 1.165) is 5.52 Å². The Labute approximate surface area is 220 Å². The van der Waals surface area contributed by atoms with Gasteiger partial charge in [0.25, 0.3) is 0 Å². The second-order valence-corrected chi connectivity index (χ2v) is 9.99. The Hall–Kier alpha value is -5.08. The first-order valence-electron chi connectivity index (χ1n) is 13.0. The third-order valence-electron chi connectivity index (χ3n) is 7.76. The smallest absolute Gasteiger partial charge is 0.0544 e. The van der Waals surface area contributed by atoms with Crippen LogP contribution >= 0.6 is 0 Å². The molecule has 0 aliphatic carbocycles. The van der Waals surface area contributed by atoms with E-state index in [1.54, 1.807) is 0 Å². The summed E-state index contributed by atoms with van der Waals surface area (Å²) >= 11 is 0. The van der Waals surface area contributed by atoms with E-state index in [9.17, 15) is 0 Å². The summed E-state index contributed by atoms with van der Waals surface area (Å²) in [7, 11) is 0.